The number of methoxy groups -OCH3 is 1. The maximum absolute atomic E-state index is 5.21. The molecule has 1 heterocycles. The van der Waals surface area contributed by atoms with Crippen LogP contribution in [0, 0.1) is 6.92 Å². The first-order chi connectivity index (χ1) is 9.28. The fourth-order valence-corrected chi connectivity index (χ4v) is 1.98. The molecule has 0 radical (unpaired) electrons. The van der Waals surface area contributed by atoms with E-state index in [1.54, 1.807) is 7.11 Å². The van der Waals surface area contributed by atoms with Gasteiger partial charge in [-0.25, -0.2) is 0 Å². The Labute approximate surface area is 114 Å². The average Bonchev–Trinajstić information content (AvgIpc) is 2.44. The van der Waals surface area contributed by atoms with E-state index in [2.05, 4.69) is 22.4 Å². The van der Waals surface area contributed by atoms with Gasteiger partial charge in [0.1, 0.15) is 5.75 Å². The summed E-state index contributed by atoms with van der Waals surface area (Å²) in [6, 6.07) is 14.3. The molecule has 0 aliphatic heterocycles. The number of ether oxygens (including phenoxy) is 1. The van der Waals surface area contributed by atoms with Crippen LogP contribution < -0.4 is 10.1 Å². The minimum atomic E-state index is 0.811. The third-order valence-electron chi connectivity index (χ3n) is 2.98. The van der Waals surface area contributed by atoms with Crippen LogP contribution in [0.4, 0.5) is 0 Å². The zero-order chi connectivity index (χ0) is 13.5. The first kappa shape index (κ1) is 13.6. The monoisotopic (exact) mass is 256 g/mol. The van der Waals surface area contributed by atoms with Gasteiger partial charge in [0.05, 0.1) is 12.8 Å². The first-order valence-corrected chi connectivity index (χ1v) is 6.54. The lowest BCUT2D eigenvalue weighted by atomic mass is 10.1. The van der Waals surface area contributed by atoms with E-state index < -0.39 is 0 Å². The summed E-state index contributed by atoms with van der Waals surface area (Å²) in [5.74, 6) is 0.915. The molecule has 3 heteroatoms. The number of rotatable bonds is 6. The molecular formula is C16H20N2O. The van der Waals surface area contributed by atoms with E-state index in [4.69, 9.17) is 4.74 Å². The molecule has 2 aromatic rings. The van der Waals surface area contributed by atoms with Crippen LogP contribution in [0.3, 0.4) is 0 Å². The van der Waals surface area contributed by atoms with Gasteiger partial charge < -0.3 is 10.1 Å². The summed E-state index contributed by atoms with van der Waals surface area (Å²) in [7, 11) is 1.70. The molecule has 1 aromatic heterocycles. The van der Waals surface area contributed by atoms with Gasteiger partial charge in [-0.1, -0.05) is 18.2 Å². The molecule has 0 atom stereocenters. The highest BCUT2D eigenvalue weighted by Crippen LogP contribution is 2.12. The lowest BCUT2D eigenvalue weighted by Gasteiger charge is -2.06. The summed E-state index contributed by atoms with van der Waals surface area (Å²) in [6.07, 6.45) is 0.989. The highest BCUT2D eigenvalue weighted by Gasteiger charge is 1.97. The van der Waals surface area contributed by atoms with E-state index in [0.29, 0.717) is 0 Å². The van der Waals surface area contributed by atoms with Crippen LogP contribution in [0.15, 0.2) is 42.5 Å². The number of aryl methyl sites for hydroxylation is 1. The van der Waals surface area contributed by atoms with Crippen molar-refractivity contribution >= 4 is 0 Å². The van der Waals surface area contributed by atoms with E-state index in [1.165, 1.54) is 5.56 Å². The van der Waals surface area contributed by atoms with Crippen molar-refractivity contribution < 1.29 is 4.74 Å². The van der Waals surface area contributed by atoms with E-state index >= 15 is 0 Å². The summed E-state index contributed by atoms with van der Waals surface area (Å²) < 4.78 is 5.21. The average molecular weight is 256 g/mol. The molecule has 19 heavy (non-hydrogen) atoms. The number of hydrogen-bond donors (Lipinski definition) is 1. The molecule has 2 rings (SSSR count). The van der Waals surface area contributed by atoms with Crippen molar-refractivity contribution in [3.05, 3.63) is 59.4 Å². The smallest absolute Gasteiger partial charge is 0.119 e. The maximum Gasteiger partial charge on any atom is 0.119 e. The number of nitrogens with one attached hydrogen (secondary N) is 1. The van der Waals surface area contributed by atoms with Gasteiger partial charge in [-0.2, -0.15) is 0 Å². The van der Waals surface area contributed by atoms with Crippen molar-refractivity contribution in [1.82, 2.24) is 10.3 Å². The normalized spacial score (nSPS) is 10.4. The summed E-state index contributed by atoms with van der Waals surface area (Å²) >= 11 is 0. The van der Waals surface area contributed by atoms with Gasteiger partial charge >= 0.3 is 0 Å². The Morgan fingerprint density at radius 3 is 2.79 bits per heavy atom. The predicted octanol–water partition coefficient (Wildman–Crippen LogP) is 2.73. The largest absolute Gasteiger partial charge is 0.497 e. The van der Waals surface area contributed by atoms with Crippen molar-refractivity contribution in [3.8, 4) is 5.75 Å². The number of pyridine rings is 1. The lowest BCUT2D eigenvalue weighted by molar-refractivity contribution is 0.414. The van der Waals surface area contributed by atoms with E-state index in [0.717, 1.165) is 36.6 Å². The van der Waals surface area contributed by atoms with Crippen molar-refractivity contribution in [2.75, 3.05) is 13.7 Å². The molecule has 0 aliphatic carbocycles. The summed E-state index contributed by atoms with van der Waals surface area (Å²) in [5.41, 5.74) is 3.43. The van der Waals surface area contributed by atoms with Crippen LogP contribution in [0.5, 0.6) is 5.75 Å². The second kappa shape index (κ2) is 6.90. The number of hydrogen-bond acceptors (Lipinski definition) is 3. The molecule has 0 bridgehead atoms. The molecule has 1 aromatic carbocycles. The Bertz CT molecular complexity index is 526. The second-order valence-electron chi connectivity index (χ2n) is 4.55. The maximum atomic E-state index is 5.21. The molecular weight excluding hydrogens is 236 g/mol. The van der Waals surface area contributed by atoms with Gasteiger partial charge in [0, 0.05) is 12.2 Å². The van der Waals surface area contributed by atoms with Gasteiger partial charge in [0.15, 0.2) is 0 Å². The Morgan fingerprint density at radius 2 is 2.00 bits per heavy atom. The van der Waals surface area contributed by atoms with Crippen LogP contribution >= 0.6 is 0 Å². The third-order valence-corrected chi connectivity index (χ3v) is 2.98. The number of benzene rings is 1. The number of nitrogens with zero attached hydrogens (tertiary/aromatic N) is 1. The lowest BCUT2D eigenvalue weighted by Crippen LogP contribution is -2.17. The molecule has 0 fully saturated rings. The Hall–Kier alpha value is -1.87. The first-order valence-electron chi connectivity index (χ1n) is 6.54. The summed E-state index contributed by atoms with van der Waals surface area (Å²) in [5, 5.41) is 3.41. The molecule has 0 saturated heterocycles. The summed E-state index contributed by atoms with van der Waals surface area (Å²) in [6.45, 7) is 3.76. The van der Waals surface area contributed by atoms with Gasteiger partial charge in [0.2, 0.25) is 0 Å². The Kier molecular flexibility index (Phi) is 4.93. The van der Waals surface area contributed by atoms with E-state index in [9.17, 15) is 0 Å². The van der Waals surface area contributed by atoms with E-state index in [1.807, 2.05) is 37.3 Å². The van der Waals surface area contributed by atoms with Crippen LogP contribution in [-0.4, -0.2) is 18.6 Å². The molecule has 100 valence electrons. The van der Waals surface area contributed by atoms with Crippen LogP contribution in [0.2, 0.25) is 0 Å². The molecule has 0 saturated carbocycles. The second-order valence-corrected chi connectivity index (χ2v) is 4.55. The third kappa shape index (κ3) is 4.38. The van der Waals surface area contributed by atoms with E-state index in [-0.39, 0.29) is 0 Å². The fourth-order valence-electron chi connectivity index (χ4n) is 1.98. The highest BCUT2D eigenvalue weighted by atomic mass is 16.5. The zero-order valence-corrected chi connectivity index (χ0v) is 11.5. The molecule has 0 aliphatic rings. The zero-order valence-electron chi connectivity index (χ0n) is 11.5. The van der Waals surface area contributed by atoms with Crippen molar-refractivity contribution in [1.29, 1.82) is 0 Å². The van der Waals surface area contributed by atoms with Crippen molar-refractivity contribution in [3.63, 3.8) is 0 Å². The molecule has 3 nitrogen and oxygen atoms in total. The van der Waals surface area contributed by atoms with Gasteiger partial charge in [-0.05, 0) is 49.7 Å². The standard InChI is InChI=1S/C16H20N2O/c1-13-5-3-7-15(18-13)12-17-10-9-14-6-4-8-16(11-14)19-2/h3-8,11,17H,9-10,12H2,1-2H3. The van der Waals surface area contributed by atoms with Gasteiger partial charge in [0.25, 0.3) is 0 Å². The van der Waals surface area contributed by atoms with Crippen LogP contribution in [0.25, 0.3) is 0 Å². The summed E-state index contributed by atoms with van der Waals surface area (Å²) in [4.78, 5) is 4.46. The molecule has 0 amide bonds. The minimum Gasteiger partial charge on any atom is -0.497 e. The van der Waals surface area contributed by atoms with Crippen molar-refractivity contribution in [2.45, 2.75) is 19.9 Å². The molecule has 0 spiro atoms. The highest BCUT2D eigenvalue weighted by molar-refractivity contribution is 5.28. The quantitative estimate of drug-likeness (QED) is 0.807. The topological polar surface area (TPSA) is 34.1 Å². The van der Waals surface area contributed by atoms with Crippen LogP contribution in [0.1, 0.15) is 17.0 Å². The fraction of sp³-hybridized carbons (Fsp3) is 0.312. The number of aromatic nitrogens is 1. The predicted molar refractivity (Wildman–Crippen MR) is 77.4 cm³/mol. The molecule has 1 N–H and O–H groups in total. The Balaban J connectivity index is 1.77. The SMILES string of the molecule is COc1cccc(CCNCc2cccc(C)n2)c1. The van der Waals surface area contributed by atoms with Crippen LogP contribution in [-0.2, 0) is 13.0 Å². The minimum absolute atomic E-state index is 0.811. The Morgan fingerprint density at radius 1 is 1.16 bits per heavy atom. The molecule has 0 unspecified atom stereocenters. The van der Waals surface area contributed by atoms with Crippen molar-refractivity contribution in [2.24, 2.45) is 0 Å². The van der Waals surface area contributed by atoms with Gasteiger partial charge in [-0.15, -0.1) is 0 Å². The van der Waals surface area contributed by atoms with Gasteiger partial charge in [-0.3, -0.25) is 4.98 Å².